The van der Waals surface area contributed by atoms with Gasteiger partial charge in [-0.2, -0.15) is 5.10 Å². The number of nitrogens with one attached hydrogen (secondary N) is 2. The van der Waals surface area contributed by atoms with E-state index in [9.17, 15) is 19.5 Å². The monoisotopic (exact) mass is 641 g/mol. The molecular formula is C33H29ClFN7O4. The number of aliphatic hydroxyl groups excluding tert-OH is 1. The molecule has 2 heterocycles. The number of halogens is 2. The molecule has 234 valence electrons. The Morgan fingerprint density at radius 1 is 1.02 bits per heavy atom. The highest BCUT2D eigenvalue weighted by molar-refractivity contribution is 6.33. The van der Waals surface area contributed by atoms with Gasteiger partial charge in [0.1, 0.15) is 25.1 Å². The molecule has 5 aromatic rings. The summed E-state index contributed by atoms with van der Waals surface area (Å²) in [6.07, 6.45) is 4.63. The van der Waals surface area contributed by atoms with Gasteiger partial charge in [0.05, 0.1) is 35.4 Å². The summed E-state index contributed by atoms with van der Waals surface area (Å²) in [6, 6.07) is 16.3. The van der Waals surface area contributed by atoms with E-state index in [0.717, 1.165) is 0 Å². The van der Waals surface area contributed by atoms with E-state index in [2.05, 4.69) is 25.7 Å². The van der Waals surface area contributed by atoms with Gasteiger partial charge in [-0.1, -0.05) is 41.9 Å². The third-order valence-electron chi connectivity index (χ3n) is 7.82. The van der Waals surface area contributed by atoms with Crippen LogP contribution < -0.4 is 10.6 Å². The smallest absolute Gasteiger partial charge is 0.245 e. The molecule has 0 unspecified atom stereocenters. The fourth-order valence-electron chi connectivity index (χ4n) is 5.48. The van der Waals surface area contributed by atoms with Crippen molar-refractivity contribution in [2.75, 3.05) is 17.2 Å². The summed E-state index contributed by atoms with van der Waals surface area (Å²) in [5, 5.41) is 21.1. The van der Waals surface area contributed by atoms with Crippen molar-refractivity contribution < 1.29 is 23.9 Å². The van der Waals surface area contributed by atoms with E-state index in [-0.39, 0.29) is 35.8 Å². The lowest BCUT2D eigenvalue weighted by atomic mass is 9.88. The van der Waals surface area contributed by atoms with Crippen molar-refractivity contribution in [1.29, 1.82) is 0 Å². The predicted octanol–water partition coefficient (Wildman–Crippen LogP) is 5.22. The van der Waals surface area contributed by atoms with Crippen LogP contribution in [0, 0.1) is 5.82 Å². The van der Waals surface area contributed by atoms with Crippen LogP contribution in [0.4, 0.5) is 21.5 Å². The van der Waals surface area contributed by atoms with Crippen LogP contribution >= 0.6 is 11.6 Å². The highest BCUT2D eigenvalue weighted by atomic mass is 35.5. The zero-order valence-corrected chi connectivity index (χ0v) is 25.4. The molecular weight excluding hydrogens is 613 g/mol. The first-order valence-corrected chi connectivity index (χ1v) is 14.9. The van der Waals surface area contributed by atoms with Crippen LogP contribution in [0.2, 0.25) is 5.02 Å². The highest BCUT2D eigenvalue weighted by Crippen LogP contribution is 2.33. The number of benzene rings is 3. The number of carbonyl (C=O) groups excluding carboxylic acids is 3. The Balaban J connectivity index is 1.22. The third kappa shape index (κ3) is 6.44. The van der Waals surface area contributed by atoms with Gasteiger partial charge in [0, 0.05) is 40.2 Å². The maximum atomic E-state index is 15.5. The Morgan fingerprint density at radius 3 is 2.48 bits per heavy atom. The third-order valence-corrected chi connectivity index (χ3v) is 8.15. The van der Waals surface area contributed by atoms with E-state index < -0.39 is 29.8 Å². The molecule has 0 saturated heterocycles. The lowest BCUT2D eigenvalue weighted by Gasteiger charge is -2.40. The Bertz CT molecular complexity index is 1950. The molecule has 46 heavy (non-hydrogen) atoms. The molecule has 0 atom stereocenters. The minimum absolute atomic E-state index is 0.0564. The molecule has 1 aliphatic carbocycles. The maximum Gasteiger partial charge on any atom is 0.245 e. The second kappa shape index (κ2) is 13.0. The van der Waals surface area contributed by atoms with Crippen LogP contribution in [0.25, 0.3) is 22.0 Å². The van der Waals surface area contributed by atoms with E-state index in [4.69, 9.17) is 11.6 Å². The van der Waals surface area contributed by atoms with Crippen molar-refractivity contribution in [1.82, 2.24) is 24.6 Å². The van der Waals surface area contributed by atoms with Crippen LogP contribution in [0.5, 0.6) is 0 Å². The standard InChI is InChI=1S/C33H29ClFN7O4/c1-19(43)33-26-11-20(38-21-14-36-18-37-15-21)9-10-29(26)42(40-33)17-31(46)41(22-12-23(44)13-22)16-30(45)39-28-8-4-6-25(32(28)35)24-5-2-3-7-27(24)34/h2-11,14-15,18,22-23,38,44H,12-13,16-17H2,1H3,(H,39,45). The first-order valence-electron chi connectivity index (χ1n) is 14.5. The Labute approximate surface area is 268 Å². The molecule has 1 fully saturated rings. The number of hydrogen-bond acceptors (Lipinski definition) is 8. The topological polar surface area (TPSA) is 142 Å². The summed E-state index contributed by atoms with van der Waals surface area (Å²) in [5.41, 5.74) is 2.70. The van der Waals surface area contributed by atoms with Crippen molar-refractivity contribution in [3.63, 3.8) is 0 Å². The van der Waals surface area contributed by atoms with Gasteiger partial charge in [-0.3, -0.25) is 19.1 Å². The molecule has 1 saturated carbocycles. The second-order valence-corrected chi connectivity index (χ2v) is 11.4. The summed E-state index contributed by atoms with van der Waals surface area (Å²) in [5.74, 6) is -1.99. The van der Waals surface area contributed by atoms with Gasteiger partial charge in [0.2, 0.25) is 11.8 Å². The molecule has 13 heteroatoms. The number of Topliss-reactive ketones (excluding diaryl/α,β-unsaturated/α-hetero) is 1. The number of aliphatic hydroxyl groups is 1. The Morgan fingerprint density at radius 2 is 1.76 bits per heavy atom. The summed E-state index contributed by atoms with van der Waals surface area (Å²) in [4.78, 5) is 48.8. The second-order valence-electron chi connectivity index (χ2n) is 11.0. The number of carbonyl (C=O) groups is 3. The zero-order valence-electron chi connectivity index (χ0n) is 24.7. The summed E-state index contributed by atoms with van der Waals surface area (Å²) in [6.45, 7) is 0.753. The molecule has 0 radical (unpaired) electrons. The van der Waals surface area contributed by atoms with Crippen molar-refractivity contribution in [3.8, 4) is 11.1 Å². The fourth-order valence-corrected chi connectivity index (χ4v) is 5.72. The normalized spacial score (nSPS) is 15.7. The Kier molecular flexibility index (Phi) is 8.73. The summed E-state index contributed by atoms with van der Waals surface area (Å²) >= 11 is 6.27. The van der Waals surface area contributed by atoms with E-state index in [1.807, 2.05) is 0 Å². The number of anilines is 3. The molecule has 1 aliphatic rings. The van der Waals surface area contributed by atoms with E-state index in [0.29, 0.717) is 45.7 Å². The first-order chi connectivity index (χ1) is 22.2. The number of ketones is 1. The van der Waals surface area contributed by atoms with Crippen LogP contribution in [-0.4, -0.2) is 66.0 Å². The quantitative estimate of drug-likeness (QED) is 0.176. The lowest BCUT2D eigenvalue weighted by Crippen LogP contribution is -2.53. The van der Waals surface area contributed by atoms with Crippen molar-refractivity contribution in [2.45, 2.75) is 38.5 Å². The molecule has 3 aromatic carbocycles. The predicted molar refractivity (Wildman–Crippen MR) is 171 cm³/mol. The van der Waals surface area contributed by atoms with E-state index in [1.165, 1.54) is 28.9 Å². The Hall–Kier alpha value is -5.20. The van der Waals surface area contributed by atoms with Crippen molar-refractivity contribution >= 4 is 57.2 Å². The zero-order chi connectivity index (χ0) is 32.4. The van der Waals surface area contributed by atoms with Gasteiger partial charge in [0.15, 0.2) is 11.6 Å². The summed E-state index contributed by atoms with van der Waals surface area (Å²) < 4.78 is 16.9. The fraction of sp³-hybridized carbons (Fsp3) is 0.212. The van der Waals surface area contributed by atoms with Gasteiger partial charge in [-0.15, -0.1) is 0 Å². The maximum absolute atomic E-state index is 15.5. The van der Waals surface area contributed by atoms with Crippen LogP contribution in [0.15, 0.2) is 79.4 Å². The highest BCUT2D eigenvalue weighted by Gasteiger charge is 2.36. The average molecular weight is 642 g/mol. The number of aromatic nitrogens is 4. The number of nitrogens with zero attached hydrogens (tertiary/aromatic N) is 5. The average Bonchev–Trinajstić information content (AvgIpc) is 3.38. The lowest BCUT2D eigenvalue weighted by molar-refractivity contribution is -0.142. The first kappa shape index (κ1) is 30.8. The van der Waals surface area contributed by atoms with Crippen LogP contribution in [-0.2, 0) is 16.1 Å². The van der Waals surface area contributed by atoms with Gasteiger partial charge >= 0.3 is 0 Å². The van der Waals surface area contributed by atoms with E-state index >= 15 is 4.39 Å². The molecule has 3 N–H and O–H groups in total. The molecule has 0 aliphatic heterocycles. The van der Waals surface area contributed by atoms with Crippen molar-refractivity contribution in [3.05, 3.63) is 95.9 Å². The van der Waals surface area contributed by atoms with Gasteiger partial charge in [-0.05, 0) is 43.2 Å². The van der Waals surface area contributed by atoms with Gasteiger partial charge < -0.3 is 20.6 Å². The van der Waals surface area contributed by atoms with Crippen LogP contribution in [0.3, 0.4) is 0 Å². The number of fused-ring (bicyclic) bond motifs is 1. The molecule has 2 amide bonds. The number of hydrogen-bond donors (Lipinski definition) is 3. The molecule has 11 nitrogen and oxygen atoms in total. The van der Waals surface area contributed by atoms with Crippen LogP contribution in [0.1, 0.15) is 30.3 Å². The number of rotatable bonds is 10. The van der Waals surface area contributed by atoms with Gasteiger partial charge in [0.25, 0.3) is 0 Å². The SMILES string of the molecule is CC(=O)c1nn(CC(=O)N(CC(=O)Nc2cccc(-c3ccccc3Cl)c2F)C2CC(O)C2)c2ccc(Nc3cncnc3)cc12. The molecule has 0 bridgehead atoms. The minimum Gasteiger partial charge on any atom is -0.393 e. The molecule has 2 aromatic heterocycles. The molecule has 0 spiro atoms. The van der Waals surface area contributed by atoms with Gasteiger partial charge in [-0.25, -0.2) is 14.4 Å². The largest absolute Gasteiger partial charge is 0.393 e. The summed E-state index contributed by atoms with van der Waals surface area (Å²) in [7, 11) is 0. The van der Waals surface area contributed by atoms with E-state index in [1.54, 1.807) is 67.0 Å². The van der Waals surface area contributed by atoms with Crippen molar-refractivity contribution in [2.24, 2.45) is 0 Å². The molecule has 6 rings (SSSR count). The number of amides is 2. The minimum atomic E-state index is -0.658.